The normalized spacial score (nSPS) is 10.3. The van der Waals surface area contributed by atoms with Gasteiger partial charge in [0.05, 0.1) is 0 Å². The van der Waals surface area contributed by atoms with Gasteiger partial charge in [0.1, 0.15) is 12.4 Å². The molecule has 2 aromatic carbocycles. The van der Waals surface area contributed by atoms with Crippen LogP contribution < -0.4 is 10.1 Å². The van der Waals surface area contributed by atoms with Crippen molar-refractivity contribution in [2.75, 3.05) is 18.5 Å². The second-order valence-corrected chi connectivity index (χ2v) is 4.94. The van der Waals surface area contributed by atoms with Crippen LogP contribution in [0.4, 0.5) is 5.69 Å². The maximum Gasteiger partial charge on any atom is 0.123 e. The number of hydrogen-bond donors (Lipinski definition) is 1. The topological polar surface area (TPSA) is 21.3 Å². The van der Waals surface area contributed by atoms with E-state index in [-0.39, 0.29) is 0 Å². The molecule has 0 saturated heterocycles. The van der Waals surface area contributed by atoms with Crippen LogP contribution in [0, 0.1) is 13.8 Å². The molecular formula is C16H18ClNO. The summed E-state index contributed by atoms with van der Waals surface area (Å²) >= 11 is 5.95. The number of ether oxygens (including phenoxy) is 1. The van der Waals surface area contributed by atoms with Crippen LogP contribution in [-0.2, 0) is 0 Å². The van der Waals surface area contributed by atoms with Crippen molar-refractivity contribution < 1.29 is 4.74 Å². The van der Waals surface area contributed by atoms with Crippen molar-refractivity contribution in [1.29, 1.82) is 0 Å². The van der Waals surface area contributed by atoms with E-state index in [1.54, 1.807) is 0 Å². The summed E-state index contributed by atoms with van der Waals surface area (Å²) in [5.74, 6) is 0.846. The third-order valence-corrected chi connectivity index (χ3v) is 3.21. The van der Waals surface area contributed by atoms with E-state index in [9.17, 15) is 0 Å². The lowest BCUT2D eigenvalue weighted by atomic mass is 10.2. The van der Waals surface area contributed by atoms with Gasteiger partial charge in [-0.2, -0.15) is 0 Å². The first kappa shape index (κ1) is 13.8. The Morgan fingerprint density at radius 2 is 1.84 bits per heavy atom. The Balaban J connectivity index is 1.84. The Labute approximate surface area is 119 Å². The molecule has 0 amide bonds. The molecule has 2 nitrogen and oxygen atoms in total. The summed E-state index contributed by atoms with van der Waals surface area (Å²) in [7, 11) is 0. The first-order valence-electron chi connectivity index (χ1n) is 6.35. The van der Waals surface area contributed by atoms with Crippen molar-refractivity contribution >= 4 is 17.3 Å². The molecule has 0 aliphatic carbocycles. The Morgan fingerprint density at radius 3 is 2.63 bits per heavy atom. The lowest BCUT2D eigenvalue weighted by Gasteiger charge is -2.12. The third-order valence-electron chi connectivity index (χ3n) is 2.97. The highest BCUT2D eigenvalue weighted by Gasteiger charge is 2.01. The number of rotatable bonds is 5. The van der Waals surface area contributed by atoms with E-state index >= 15 is 0 Å². The Morgan fingerprint density at radius 1 is 1.05 bits per heavy atom. The first-order valence-corrected chi connectivity index (χ1v) is 6.73. The minimum absolute atomic E-state index is 0.607. The molecule has 2 aromatic rings. The zero-order valence-electron chi connectivity index (χ0n) is 11.2. The van der Waals surface area contributed by atoms with Gasteiger partial charge in [0.25, 0.3) is 0 Å². The van der Waals surface area contributed by atoms with Gasteiger partial charge in [0.15, 0.2) is 0 Å². The number of anilines is 1. The number of para-hydroxylation sites is 1. The van der Waals surface area contributed by atoms with Crippen LogP contribution in [0.25, 0.3) is 0 Å². The highest BCUT2D eigenvalue weighted by atomic mass is 35.5. The molecule has 0 spiro atoms. The molecule has 0 aliphatic heterocycles. The van der Waals surface area contributed by atoms with Gasteiger partial charge in [-0.1, -0.05) is 35.9 Å². The summed E-state index contributed by atoms with van der Waals surface area (Å²) in [5, 5.41) is 4.06. The molecular weight excluding hydrogens is 258 g/mol. The summed E-state index contributed by atoms with van der Waals surface area (Å²) in [6.07, 6.45) is 0. The zero-order chi connectivity index (χ0) is 13.7. The van der Waals surface area contributed by atoms with Gasteiger partial charge in [-0.05, 0) is 43.2 Å². The van der Waals surface area contributed by atoms with Crippen molar-refractivity contribution in [1.82, 2.24) is 0 Å². The molecule has 0 aromatic heterocycles. The van der Waals surface area contributed by atoms with Gasteiger partial charge in [-0.25, -0.2) is 0 Å². The Bertz CT molecular complexity index is 554. The molecule has 0 bridgehead atoms. The molecule has 3 heteroatoms. The minimum Gasteiger partial charge on any atom is -0.491 e. The quantitative estimate of drug-likeness (QED) is 0.814. The van der Waals surface area contributed by atoms with Crippen molar-refractivity contribution in [3.8, 4) is 5.75 Å². The van der Waals surface area contributed by atoms with Crippen LogP contribution in [0.1, 0.15) is 11.1 Å². The largest absolute Gasteiger partial charge is 0.491 e. The summed E-state index contributed by atoms with van der Waals surface area (Å²) in [4.78, 5) is 0. The third kappa shape index (κ3) is 3.90. The lowest BCUT2D eigenvalue weighted by Crippen LogP contribution is -2.12. The van der Waals surface area contributed by atoms with Crippen molar-refractivity contribution in [2.45, 2.75) is 13.8 Å². The number of halogens is 1. The summed E-state index contributed by atoms with van der Waals surface area (Å²) in [5.41, 5.74) is 3.48. The van der Waals surface area contributed by atoms with Crippen molar-refractivity contribution in [3.05, 3.63) is 58.6 Å². The van der Waals surface area contributed by atoms with Crippen LogP contribution in [0.2, 0.25) is 5.02 Å². The molecule has 0 unspecified atom stereocenters. The monoisotopic (exact) mass is 275 g/mol. The van der Waals surface area contributed by atoms with Crippen LogP contribution >= 0.6 is 11.6 Å². The molecule has 19 heavy (non-hydrogen) atoms. The number of hydrogen-bond acceptors (Lipinski definition) is 2. The Hall–Kier alpha value is -1.67. The van der Waals surface area contributed by atoms with E-state index in [1.165, 1.54) is 5.56 Å². The molecule has 0 radical (unpaired) electrons. The zero-order valence-corrected chi connectivity index (χ0v) is 12.0. The smallest absolute Gasteiger partial charge is 0.123 e. The Kier molecular flexibility index (Phi) is 4.69. The van der Waals surface area contributed by atoms with E-state index in [0.29, 0.717) is 11.6 Å². The van der Waals surface area contributed by atoms with Crippen molar-refractivity contribution in [2.24, 2.45) is 0 Å². The van der Waals surface area contributed by atoms with E-state index in [4.69, 9.17) is 16.3 Å². The number of benzene rings is 2. The molecule has 100 valence electrons. The van der Waals surface area contributed by atoms with Crippen LogP contribution in [0.15, 0.2) is 42.5 Å². The number of aryl methyl sites for hydroxylation is 2. The molecule has 0 atom stereocenters. The predicted molar refractivity (Wildman–Crippen MR) is 81.4 cm³/mol. The predicted octanol–water partition coefficient (Wildman–Crippen LogP) is 4.45. The van der Waals surface area contributed by atoms with Crippen molar-refractivity contribution in [3.63, 3.8) is 0 Å². The van der Waals surface area contributed by atoms with Gasteiger partial charge in [0.2, 0.25) is 0 Å². The molecule has 1 N–H and O–H groups in total. The van der Waals surface area contributed by atoms with E-state index in [2.05, 4.69) is 24.4 Å². The van der Waals surface area contributed by atoms with Crippen LogP contribution in [0.3, 0.4) is 0 Å². The van der Waals surface area contributed by atoms with Gasteiger partial charge in [-0.15, -0.1) is 0 Å². The van der Waals surface area contributed by atoms with Crippen LogP contribution in [-0.4, -0.2) is 13.2 Å². The second-order valence-electron chi connectivity index (χ2n) is 4.50. The van der Waals surface area contributed by atoms with E-state index < -0.39 is 0 Å². The summed E-state index contributed by atoms with van der Waals surface area (Å²) in [6, 6.07) is 13.9. The maximum absolute atomic E-state index is 5.95. The molecule has 2 rings (SSSR count). The highest BCUT2D eigenvalue weighted by molar-refractivity contribution is 6.30. The molecule has 0 aliphatic rings. The standard InChI is InChI=1S/C16H18ClNO/c1-12-5-3-4-6-15(12)18-9-10-19-16-11-14(17)8-7-13(16)2/h3-8,11,18H,9-10H2,1-2H3. The SMILES string of the molecule is Cc1ccccc1NCCOc1cc(Cl)ccc1C. The number of nitrogens with one attached hydrogen (secondary N) is 1. The van der Waals surface area contributed by atoms with Gasteiger partial charge < -0.3 is 10.1 Å². The van der Waals surface area contributed by atoms with E-state index in [1.807, 2.05) is 37.3 Å². The average Bonchev–Trinajstić information content (AvgIpc) is 2.40. The fraction of sp³-hybridized carbons (Fsp3) is 0.250. The average molecular weight is 276 g/mol. The fourth-order valence-electron chi connectivity index (χ4n) is 1.85. The van der Waals surface area contributed by atoms with Gasteiger partial charge in [-0.3, -0.25) is 0 Å². The lowest BCUT2D eigenvalue weighted by molar-refractivity contribution is 0.330. The minimum atomic E-state index is 0.607. The molecule has 0 fully saturated rings. The fourth-order valence-corrected chi connectivity index (χ4v) is 2.01. The van der Waals surface area contributed by atoms with Gasteiger partial charge >= 0.3 is 0 Å². The molecule has 0 saturated carbocycles. The van der Waals surface area contributed by atoms with Gasteiger partial charge in [0, 0.05) is 17.3 Å². The molecule has 0 heterocycles. The highest BCUT2D eigenvalue weighted by Crippen LogP contribution is 2.22. The summed E-state index contributed by atoms with van der Waals surface area (Å²) < 4.78 is 5.73. The first-order chi connectivity index (χ1) is 9.16. The second kappa shape index (κ2) is 6.48. The van der Waals surface area contributed by atoms with E-state index in [0.717, 1.165) is 23.5 Å². The maximum atomic E-state index is 5.95. The summed E-state index contributed by atoms with van der Waals surface area (Å²) in [6.45, 7) is 5.47. The van der Waals surface area contributed by atoms with Crippen LogP contribution in [0.5, 0.6) is 5.75 Å².